The van der Waals surface area contributed by atoms with E-state index in [9.17, 15) is 19.7 Å². The summed E-state index contributed by atoms with van der Waals surface area (Å²) in [5, 5.41) is 11.3. The van der Waals surface area contributed by atoms with Crippen LogP contribution in [0.2, 0.25) is 5.02 Å². The second kappa shape index (κ2) is 9.26. The van der Waals surface area contributed by atoms with Crippen LogP contribution in [0.5, 0.6) is 0 Å². The fraction of sp³-hybridized carbons (Fsp3) is 0.450. The minimum absolute atomic E-state index is 0.0356. The van der Waals surface area contributed by atoms with Gasteiger partial charge in [-0.2, -0.15) is 0 Å². The molecule has 2 aromatic rings. The minimum atomic E-state index is -1.16. The van der Waals surface area contributed by atoms with Crippen LogP contribution in [0.3, 0.4) is 0 Å². The first-order chi connectivity index (χ1) is 15.4. The number of carbonyl (C=O) groups is 2. The molecule has 3 rings (SSSR count). The fourth-order valence-electron chi connectivity index (χ4n) is 3.53. The van der Waals surface area contributed by atoms with Crippen molar-refractivity contribution in [1.29, 1.82) is 0 Å². The lowest BCUT2D eigenvalue weighted by atomic mass is 10.1. The van der Waals surface area contributed by atoms with E-state index >= 15 is 4.39 Å². The predicted octanol–water partition coefficient (Wildman–Crippen LogP) is 4.30. The third-order valence-electron chi connectivity index (χ3n) is 4.94. The summed E-state index contributed by atoms with van der Waals surface area (Å²) in [6, 6.07) is 0.264. The number of nitrogens with zero attached hydrogens (tertiary/aromatic N) is 4. The van der Waals surface area contributed by atoms with Gasteiger partial charge in [-0.05, 0) is 42.8 Å². The number of hydrogen-bond acceptors (Lipinski definition) is 8. The summed E-state index contributed by atoms with van der Waals surface area (Å²) in [6.45, 7) is 4.96. The normalized spacial score (nSPS) is 16.6. The number of rotatable bonds is 3. The summed E-state index contributed by atoms with van der Waals surface area (Å²) in [5.74, 6) is -1.68. The van der Waals surface area contributed by atoms with Crippen molar-refractivity contribution in [3.05, 3.63) is 37.7 Å². The molecule has 1 aromatic carbocycles. The van der Waals surface area contributed by atoms with Crippen molar-refractivity contribution >= 4 is 61.9 Å². The minimum Gasteiger partial charge on any atom is -0.467 e. The van der Waals surface area contributed by atoms with Gasteiger partial charge in [0.15, 0.2) is 5.82 Å². The van der Waals surface area contributed by atoms with Crippen molar-refractivity contribution in [1.82, 2.24) is 9.88 Å². The number of aromatic nitrogens is 1. The van der Waals surface area contributed by atoms with Gasteiger partial charge in [-0.15, -0.1) is 0 Å². The molecule has 178 valence electrons. The van der Waals surface area contributed by atoms with Crippen LogP contribution in [0.1, 0.15) is 20.8 Å². The second-order valence-electron chi connectivity index (χ2n) is 8.29. The number of benzene rings is 1. The lowest BCUT2D eigenvalue weighted by Gasteiger charge is -2.41. The van der Waals surface area contributed by atoms with E-state index in [1.54, 1.807) is 20.8 Å². The second-order valence-corrected chi connectivity index (χ2v) is 9.52. The molecule has 1 fully saturated rings. The van der Waals surface area contributed by atoms with E-state index in [1.165, 1.54) is 15.9 Å². The first-order valence-electron chi connectivity index (χ1n) is 9.78. The number of ether oxygens (including phenoxy) is 2. The smallest absolute Gasteiger partial charge is 0.410 e. The monoisotopic (exact) mass is 546 g/mol. The van der Waals surface area contributed by atoms with E-state index in [2.05, 4.69) is 20.9 Å². The Morgan fingerprint density at radius 1 is 1.36 bits per heavy atom. The summed E-state index contributed by atoms with van der Waals surface area (Å²) < 4.78 is 25.7. The molecule has 2 heterocycles. The molecule has 0 bridgehead atoms. The van der Waals surface area contributed by atoms with Gasteiger partial charge in [0.2, 0.25) is 0 Å². The zero-order valence-electron chi connectivity index (χ0n) is 18.2. The molecule has 10 nitrogen and oxygen atoms in total. The molecule has 1 atom stereocenters. The topological polar surface area (TPSA) is 115 Å². The number of amides is 1. The van der Waals surface area contributed by atoms with Gasteiger partial charge in [0.05, 0.1) is 34.5 Å². The molecule has 1 aromatic heterocycles. The van der Waals surface area contributed by atoms with E-state index in [0.29, 0.717) is 0 Å². The molecule has 13 heteroatoms. The van der Waals surface area contributed by atoms with Crippen LogP contribution in [-0.4, -0.2) is 65.3 Å². The van der Waals surface area contributed by atoms with Crippen molar-refractivity contribution in [2.45, 2.75) is 32.4 Å². The Morgan fingerprint density at radius 2 is 2.03 bits per heavy atom. The lowest BCUT2D eigenvalue weighted by Crippen LogP contribution is -2.59. The number of nitro groups is 1. The molecule has 0 N–H and O–H groups in total. The van der Waals surface area contributed by atoms with Crippen molar-refractivity contribution in [3.8, 4) is 0 Å². The Morgan fingerprint density at radius 3 is 2.61 bits per heavy atom. The van der Waals surface area contributed by atoms with Gasteiger partial charge >= 0.3 is 17.7 Å². The third-order valence-corrected chi connectivity index (χ3v) is 6.16. The Labute approximate surface area is 201 Å². The van der Waals surface area contributed by atoms with Gasteiger partial charge in [0.1, 0.15) is 23.5 Å². The molecule has 1 amide bonds. The maximum absolute atomic E-state index is 15.3. The van der Waals surface area contributed by atoms with E-state index < -0.39 is 40.1 Å². The van der Waals surface area contributed by atoms with Crippen molar-refractivity contribution in [2.24, 2.45) is 0 Å². The first kappa shape index (κ1) is 24.9. The summed E-state index contributed by atoms with van der Waals surface area (Å²) >= 11 is 9.19. The van der Waals surface area contributed by atoms with Crippen molar-refractivity contribution in [3.63, 3.8) is 0 Å². The summed E-state index contributed by atoms with van der Waals surface area (Å²) in [5.41, 5.74) is -1.35. The van der Waals surface area contributed by atoms with E-state index in [0.717, 1.165) is 13.3 Å². The number of fused-ring (bicyclic) bond motifs is 1. The van der Waals surface area contributed by atoms with Crippen LogP contribution in [0, 0.1) is 15.9 Å². The molecule has 0 saturated carbocycles. The standard InChI is InChI=1S/C20H21BrClFN4O6/c1-20(2,3)33-19(29)25-5-6-26(13(9-25)18(28)32-4)17-12(27(30)31)8-24-11-7-10(21)15(22)16(23)14(11)17/h7-8,13H,5-6,9H2,1-4H3/t13-/m1/s1. The Balaban J connectivity index is 2.16. The highest BCUT2D eigenvalue weighted by Gasteiger charge is 2.40. The quantitative estimate of drug-likeness (QED) is 0.242. The molecule has 0 unspecified atom stereocenters. The Hall–Kier alpha value is -2.73. The lowest BCUT2D eigenvalue weighted by molar-refractivity contribution is -0.384. The number of anilines is 1. The fourth-order valence-corrected chi connectivity index (χ4v) is 4.07. The highest BCUT2D eigenvalue weighted by Crippen LogP contribution is 2.42. The number of pyridine rings is 1. The molecule has 33 heavy (non-hydrogen) atoms. The maximum atomic E-state index is 15.3. The molecule has 1 aliphatic heterocycles. The number of halogens is 3. The SMILES string of the molecule is COC(=O)[C@H]1CN(C(=O)OC(C)(C)C)CCN1c1c([N+](=O)[O-])cnc2cc(Br)c(Cl)c(F)c12. The highest BCUT2D eigenvalue weighted by atomic mass is 79.9. The van der Waals surface area contributed by atoms with Crippen LogP contribution in [-0.2, 0) is 14.3 Å². The van der Waals surface area contributed by atoms with Crippen molar-refractivity contribution < 1.29 is 28.4 Å². The zero-order chi connectivity index (χ0) is 24.7. The van der Waals surface area contributed by atoms with Gasteiger partial charge in [-0.25, -0.2) is 19.0 Å². The van der Waals surface area contributed by atoms with Crippen LogP contribution in [0.4, 0.5) is 20.6 Å². The molecule has 0 spiro atoms. The van der Waals surface area contributed by atoms with Gasteiger partial charge in [-0.1, -0.05) is 11.6 Å². The van der Waals surface area contributed by atoms with Crippen LogP contribution in [0.15, 0.2) is 16.7 Å². The Kier molecular flexibility index (Phi) is 6.99. The average molecular weight is 548 g/mol. The Bertz CT molecular complexity index is 1140. The third kappa shape index (κ3) is 4.96. The van der Waals surface area contributed by atoms with E-state index in [-0.39, 0.29) is 45.7 Å². The highest BCUT2D eigenvalue weighted by molar-refractivity contribution is 9.10. The molecule has 1 saturated heterocycles. The van der Waals surface area contributed by atoms with E-state index in [1.807, 2.05) is 0 Å². The summed E-state index contributed by atoms with van der Waals surface area (Å²) in [4.78, 5) is 43.0. The molecule has 1 aliphatic rings. The molecule has 0 radical (unpaired) electrons. The van der Waals surface area contributed by atoms with Gasteiger partial charge in [-0.3, -0.25) is 10.1 Å². The van der Waals surface area contributed by atoms with Crippen LogP contribution < -0.4 is 4.90 Å². The summed E-state index contributed by atoms with van der Waals surface area (Å²) in [6.07, 6.45) is 0.342. The first-order valence-corrected chi connectivity index (χ1v) is 11.0. The predicted molar refractivity (Wildman–Crippen MR) is 122 cm³/mol. The number of piperazine rings is 1. The zero-order valence-corrected chi connectivity index (χ0v) is 20.6. The van der Waals surface area contributed by atoms with E-state index in [4.69, 9.17) is 21.1 Å². The van der Waals surface area contributed by atoms with Crippen LogP contribution in [0.25, 0.3) is 10.9 Å². The number of methoxy groups -OCH3 is 1. The number of esters is 1. The maximum Gasteiger partial charge on any atom is 0.410 e. The molecular formula is C20H21BrClFN4O6. The summed E-state index contributed by atoms with van der Waals surface area (Å²) in [7, 11) is 1.15. The van der Waals surface area contributed by atoms with Gasteiger partial charge in [0.25, 0.3) is 0 Å². The average Bonchev–Trinajstić information content (AvgIpc) is 2.74. The number of hydrogen-bond donors (Lipinski definition) is 0. The molecule has 0 aliphatic carbocycles. The largest absolute Gasteiger partial charge is 0.467 e. The number of carbonyl (C=O) groups excluding carboxylic acids is 2. The van der Waals surface area contributed by atoms with Crippen LogP contribution >= 0.6 is 27.5 Å². The molecular weight excluding hydrogens is 527 g/mol. The van der Waals surface area contributed by atoms with Crippen molar-refractivity contribution in [2.75, 3.05) is 31.6 Å². The van der Waals surface area contributed by atoms with Gasteiger partial charge < -0.3 is 19.3 Å². The van der Waals surface area contributed by atoms with Gasteiger partial charge in [0, 0.05) is 17.6 Å².